The second-order valence-electron chi connectivity index (χ2n) is 5.33. The lowest BCUT2D eigenvalue weighted by atomic mass is 10.2. The summed E-state index contributed by atoms with van der Waals surface area (Å²) in [5.74, 6) is -0.289. The van der Waals surface area contributed by atoms with Crippen LogP contribution in [-0.4, -0.2) is 15.9 Å². The fourth-order valence-electron chi connectivity index (χ4n) is 2.14. The smallest absolute Gasteiger partial charge is 0.275 e. The Hall–Kier alpha value is -2.99. The van der Waals surface area contributed by atoms with Crippen LogP contribution in [0.15, 0.2) is 54.9 Å². The molecule has 0 saturated carbocycles. The second kappa shape index (κ2) is 7.27. The lowest BCUT2D eigenvalue weighted by Gasteiger charge is -2.09. The van der Waals surface area contributed by atoms with E-state index in [2.05, 4.69) is 20.6 Å². The lowest BCUT2D eigenvalue weighted by molar-refractivity contribution is 0.102. The molecule has 7 heteroatoms. The van der Waals surface area contributed by atoms with Crippen molar-refractivity contribution in [2.24, 2.45) is 0 Å². The maximum Gasteiger partial charge on any atom is 0.275 e. The first kappa shape index (κ1) is 16.9. The molecule has 0 fully saturated rings. The summed E-state index contributed by atoms with van der Waals surface area (Å²) >= 11 is 5.93. The number of aryl methyl sites for hydroxylation is 1. The van der Waals surface area contributed by atoms with E-state index in [0.29, 0.717) is 16.5 Å². The van der Waals surface area contributed by atoms with Gasteiger partial charge in [0, 0.05) is 16.4 Å². The Bertz CT molecular complexity index is 898. The van der Waals surface area contributed by atoms with E-state index in [9.17, 15) is 9.18 Å². The normalized spacial score (nSPS) is 10.4. The van der Waals surface area contributed by atoms with Gasteiger partial charge in [-0.25, -0.2) is 14.4 Å². The van der Waals surface area contributed by atoms with Crippen molar-refractivity contribution < 1.29 is 9.18 Å². The number of carbonyl (C=O) groups is 1. The molecule has 3 rings (SSSR count). The van der Waals surface area contributed by atoms with Gasteiger partial charge >= 0.3 is 0 Å². The standard InChI is InChI=1S/C18H14ClFN4O/c1-11-8-12(19)2-7-15(11)24-17-10-21-16(9-22-17)18(25)23-14-5-3-13(20)4-6-14/h2-10H,1H3,(H,22,24)(H,23,25). The summed E-state index contributed by atoms with van der Waals surface area (Å²) in [7, 11) is 0. The van der Waals surface area contributed by atoms with E-state index < -0.39 is 5.91 Å². The van der Waals surface area contributed by atoms with Gasteiger partial charge in [-0.1, -0.05) is 11.6 Å². The van der Waals surface area contributed by atoms with Crippen molar-refractivity contribution in [2.75, 3.05) is 10.6 Å². The largest absolute Gasteiger partial charge is 0.339 e. The summed E-state index contributed by atoms with van der Waals surface area (Å²) in [5.41, 5.74) is 2.45. The minimum Gasteiger partial charge on any atom is -0.339 e. The Balaban J connectivity index is 1.69. The molecule has 0 bridgehead atoms. The zero-order chi connectivity index (χ0) is 17.8. The van der Waals surface area contributed by atoms with Crippen molar-refractivity contribution in [1.29, 1.82) is 0 Å². The predicted octanol–water partition coefficient (Wildman–Crippen LogP) is 4.57. The number of hydrogen-bond acceptors (Lipinski definition) is 4. The van der Waals surface area contributed by atoms with Gasteiger partial charge in [0.15, 0.2) is 0 Å². The van der Waals surface area contributed by atoms with Crippen LogP contribution in [0.2, 0.25) is 5.02 Å². The summed E-state index contributed by atoms with van der Waals surface area (Å²) in [6, 6.07) is 10.9. The van der Waals surface area contributed by atoms with E-state index in [1.807, 2.05) is 19.1 Å². The fraction of sp³-hybridized carbons (Fsp3) is 0.0556. The van der Waals surface area contributed by atoms with E-state index in [-0.39, 0.29) is 11.5 Å². The highest BCUT2D eigenvalue weighted by Gasteiger charge is 2.09. The molecule has 1 amide bonds. The Morgan fingerprint density at radius 1 is 1.08 bits per heavy atom. The summed E-state index contributed by atoms with van der Waals surface area (Å²) in [6.07, 6.45) is 2.83. The molecule has 3 aromatic rings. The van der Waals surface area contributed by atoms with Gasteiger partial charge in [-0.2, -0.15) is 0 Å². The average molecular weight is 357 g/mol. The number of nitrogens with one attached hydrogen (secondary N) is 2. The third-order valence-electron chi connectivity index (χ3n) is 3.44. The second-order valence-corrected chi connectivity index (χ2v) is 5.77. The number of hydrogen-bond donors (Lipinski definition) is 2. The number of amides is 1. The number of carbonyl (C=O) groups excluding carboxylic acids is 1. The van der Waals surface area contributed by atoms with Crippen LogP contribution < -0.4 is 10.6 Å². The van der Waals surface area contributed by atoms with Gasteiger partial charge in [0.2, 0.25) is 0 Å². The molecule has 126 valence electrons. The van der Waals surface area contributed by atoms with Gasteiger partial charge in [0.05, 0.1) is 12.4 Å². The number of aromatic nitrogens is 2. The molecule has 0 aliphatic rings. The Labute approximate surface area is 148 Å². The highest BCUT2D eigenvalue weighted by molar-refractivity contribution is 6.30. The number of benzene rings is 2. The maximum absolute atomic E-state index is 12.9. The number of rotatable bonds is 4. The molecule has 0 radical (unpaired) electrons. The van der Waals surface area contributed by atoms with Gasteiger partial charge in [-0.05, 0) is 55.0 Å². The van der Waals surface area contributed by atoms with Crippen LogP contribution in [0.5, 0.6) is 0 Å². The fourth-order valence-corrected chi connectivity index (χ4v) is 2.37. The molecule has 0 aliphatic heterocycles. The molecule has 2 N–H and O–H groups in total. The molecule has 0 atom stereocenters. The molecule has 0 unspecified atom stereocenters. The Morgan fingerprint density at radius 3 is 2.48 bits per heavy atom. The molecule has 0 spiro atoms. The van der Waals surface area contributed by atoms with Crippen molar-refractivity contribution in [1.82, 2.24) is 9.97 Å². The van der Waals surface area contributed by atoms with Crippen LogP contribution in [0.4, 0.5) is 21.6 Å². The van der Waals surface area contributed by atoms with E-state index >= 15 is 0 Å². The highest BCUT2D eigenvalue weighted by Crippen LogP contribution is 2.22. The van der Waals surface area contributed by atoms with Crippen LogP contribution >= 0.6 is 11.6 Å². The summed E-state index contributed by atoms with van der Waals surface area (Å²) in [6.45, 7) is 1.92. The van der Waals surface area contributed by atoms with Crippen molar-refractivity contribution >= 4 is 34.7 Å². The van der Waals surface area contributed by atoms with Crippen LogP contribution in [-0.2, 0) is 0 Å². The molecule has 1 heterocycles. The molecule has 5 nitrogen and oxygen atoms in total. The van der Waals surface area contributed by atoms with E-state index in [1.165, 1.54) is 36.7 Å². The molecule has 25 heavy (non-hydrogen) atoms. The van der Waals surface area contributed by atoms with Gasteiger partial charge in [0.1, 0.15) is 17.3 Å². The molecule has 0 aliphatic carbocycles. The molecule has 1 aromatic heterocycles. The van der Waals surface area contributed by atoms with Gasteiger partial charge in [-0.3, -0.25) is 4.79 Å². The SMILES string of the molecule is Cc1cc(Cl)ccc1Nc1cnc(C(=O)Nc2ccc(F)cc2)cn1. The quantitative estimate of drug-likeness (QED) is 0.718. The maximum atomic E-state index is 12.9. The van der Waals surface area contributed by atoms with Crippen LogP contribution in [0, 0.1) is 12.7 Å². The number of halogens is 2. The van der Waals surface area contributed by atoms with Crippen LogP contribution in [0.3, 0.4) is 0 Å². The third-order valence-corrected chi connectivity index (χ3v) is 3.67. The highest BCUT2D eigenvalue weighted by atomic mass is 35.5. The molecule has 2 aromatic carbocycles. The van der Waals surface area contributed by atoms with Crippen molar-refractivity contribution in [3.8, 4) is 0 Å². The zero-order valence-corrected chi connectivity index (χ0v) is 14.0. The monoisotopic (exact) mass is 356 g/mol. The summed E-state index contributed by atoms with van der Waals surface area (Å²) in [5, 5.41) is 6.40. The zero-order valence-electron chi connectivity index (χ0n) is 13.3. The van der Waals surface area contributed by atoms with E-state index in [4.69, 9.17) is 11.6 Å². The first-order valence-corrected chi connectivity index (χ1v) is 7.81. The third kappa shape index (κ3) is 4.30. The Kier molecular flexibility index (Phi) is 4.90. The van der Waals surface area contributed by atoms with Crippen molar-refractivity contribution in [3.05, 3.63) is 77.0 Å². The van der Waals surface area contributed by atoms with Crippen LogP contribution in [0.25, 0.3) is 0 Å². The minimum absolute atomic E-state index is 0.155. The van der Waals surface area contributed by atoms with Gasteiger partial charge in [-0.15, -0.1) is 0 Å². The first-order chi connectivity index (χ1) is 12.0. The summed E-state index contributed by atoms with van der Waals surface area (Å²) in [4.78, 5) is 20.4. The van der Waals surface area contributed by atoms with Gasteiger partial charge in [0.25, 0.3) is 5.91 Å². The van der Waals surface area contributed by atoms with Gasteiger partial charge < -0.3 is 10.6 Å². The Morgan fingerprint density at radius 2 is 1.84 bits per heavy atom. The number of nitrogens with zero attached hydrogens (tertiary/aromatic N) is 2. The molecular weight excluding hydrogens is 343 g/mol. The van der Waals surface area contributed by atoms with Crippen LogP contribution in [0.1, 0.15) is 16.1 Å². The minimum atomic E-state index is -0.423. The average Bonchev–Trinajstić information content (AvgIpc) is 2.60. The summed E-state index contributed by atoms with van der Waals surface area (Å²) < 4.78 is 12.9. The topological polar surface area (TPSA) is 66.9 Å². The van der Waals surface area contributed by atoms with E-state index in [0.717, 1.165) is 11.3 Å². The first-order valence-electron chi connectivity index (χ1n) is 7.43. The van der Waals surface area contributed by atoms with Crippen molar-refractivity contribution in [3.63, 3.8) is 0 Å². The van der Waals surface area contributed by atoms with Crippen molar-refractivity contribution in [2.45, 2.75) is 6.92 Å². The predicted molar refractivity (Wildman–Crippen MR) is 95.9 cm³/mol. The molecular formula is C18H14ClFN4O. The lowest BCUT2D eigenvalue weighted by Crippen LogP contribution is -2.14. The molecule has 0 saturated heterocycles. The van der Waals surface area contributed by atoms with E-state index in [1.54, 1.807) is 6.07 Å². The number of anilines is 3.